The van der Waals surface area contributed by atoms with Gasteiger partial charge >= 0.3 is 40.6 Å². The number of hydrogen-bond acceptors (Lipinski definition) is 2. The van der Waals surface area contributed by atoms with Crippen LogP contribution in [0.3, 0.4) is 0 Å². The van der Waals surface area contributed by atoms with Crippen LogP contribution < -0.4 is 0 Å². The molecular formula is C4H9B3F12LiO3S-3. The first-order valence-electron chi connectivity index (χ1n) is 4.74. The standard InChI is InChI=1S/C4H8O3S.3BF4.Li.H/c1-2-3-4-8(5,6)7;3*2-1(3,4)5;;/h2H,1,3-4H2,(H,5,6,7);;;;;/q;3*-1;;. The summed E-state index contributed by atoms with van der Waals surface area (Å²) in [4.78, 5) is 0. The molecule has 20 heteroatoms. The maximum absolute atomic E-state index is 9.90. The van der Waals surface area contributed by atoms with E-state index in [0.29, 0.717) is 6.42 Å². The van der Waals surface area contributed by atoms with E-state index in [1.807, 2.05) is 0 Å². The second-order valence-electron chi connectivity index (χ2n) is 2.85. The van der Waals surface area contributed by atoms with E-state index >= 15 is 0 Å². The first-order valence-corrected chi connectivity index (χ1v) is 6.35. The molecule has 0 aromatic carbocycles. The minimum absolute atomic E-state index is 0. The average molecular weight is 405 g/mol. The van der Waals surface area contributed by atoms with Gasteiger partial charge in [-0.3, -0.25) is 4.55 Å². The van der Waals surface area contributed by atoms with Crippen molar-refractivity contribution in [3.63, 3.8) is 0 Å². The van der Waals surface area contributed by atoms with Crippen LogP contribution in [0.5, 0.6) is 0 Å². The Hall–Kier alpha value is -0.398. The van der Waals surface area contributed by atoms with E-state index in [9.17, 15) is 60.2 Å². The molecule has 0 radical (unpaired) electrons. The van der Waals surface area contributed by atoms with Gasteiger partial charge in [0.15, 0.2) is 0 Å². The number of hydrogen-bond donors (Lipinski definition) is 1. The van der Waals surface area contributed by atoms with E-state index in [-0.39, 0.29) is 24.6 Å². The SMILES string of the molecule is C=CCCS(=O)(=O)O.F[B-](F)(F)F.F[B-](F)(F)F.F[B-](F)(F)F.[LiH]. The van der Waals surface area contributed by atoms with Gasteiger partial charge in [-0.25, -0.2) is 0 Å². The predicted molar refractivity (Wildman–Crippen MR) is 68.9 cm³/mol. The molecule has 0 aromatic heterocycles. The minimum atomic E-state index is -6.00. The van der Waals surface area contributed by atoms with Gasteiger partial charge in [0, 0.05) is 0 Å². The maximum atomic E-state index is 9.90. The third-order valence-electron chi connectivity index (χ3n) is 0.580. The van der Waals surface area contributed by atoms with Crippen molar-refractivity contribution in [1.82, 2.24) is 0 Å². The van der Waals surface area contributed by atoms with E-state index in [2.05, 4.69) is 6.58 Å². The van der Waals surface area contributed by atoms with Crippen LogP contribution in [0.15, 0.2) is 12.7 Å². The predicted octanol–water partition coefficient (Wildman–Crippen LogP) is 3.70. The fourth-order valence-electron chi connectivity index (χ4n) is 0.232. The zero-order valence-electron chi connectivity index (χ0n) is 10.6. The van der Waals surface area contributed by atoms with E-state index in [1.165, 1.54) is 6.08 Å². The van der Waals surface area contributed by atoms with E-state index in [1.54, 1.807) is 0 Å². The average Bonchev–Trinajstić information content (AvgIpc) is 2.04. The molecule has 0 saturated carbocycles. The quantitative estimate of drug-likeness (QED) is 0.338. The molecule has 0 heterocycles. The van der Waals surface area contributed by atoms with Crippen molar-refractivity contribution in [3.8, 4) is 0 Å². The monoisotopic (exact) mass is 405 g/mol. The summed E-state index contributed by atoms with van der Waals surface area (Å²) in [5.74, 6) is -0.226. The Balaban J connectivity index is -0.0000000677. The fourth-order valence-corrected chi connectivity index (χ4v) is 0.697. The van der Waals surface area contributed by atoms with Crippen LogP contribution in [0, 0.1) is 0 Å². The molecule has 0 bridgehead atoms. The van der Waals surface area contributed by atoms with Gasteiger partial charge in [-0.05, 0) is 6.42 Å². The summed E-state index contributed by atoms with van der Waals surface area (Å²) < 4.78 is 145. The van der Waals surface area contributed by atoms with Crippen LogP contribution in [-0.2, 0) is 10.1 Å². The summed E-state index contributed by atoms with van der Waals surface area (Å²) in [7, 11) is -21.8. The van der Waals surface area contributed by atoms with Crippen LogP contribution in [-0.4, -0.2) is 59.3 Å². The van der Waals surface area contributed by atoms with Gasteiger partial charge in [0.05, 0.1) is 5.75 Å². The summed E-state index contributed by atoms with van der Waals surface area (Å²) in [6, 6.07) is 0. The molecule has 0 aliphatic rings. The van der Waals surface area contributed by atoms with Crippen LogP contribution in [0.1, 0.15) is 6.42 Å². The number of rotatable bonds is 3. The molecule has 0 aromatic rings. The van der Waals surface area contributed by atoms with Gasteiger partial charge in [-0.1, -0.05) is 6.08 Å². The van der Waals surface area contributed by atoms with Crippen LogP contribution in [0.4, 0.5) is 51.8 Å². The molecule has 3 nitrogen and oxygen atoms in total. The summed E-state index contributed by atoms with van der Waals surface area (Å²) in [6.07, 6.45) is 1.74. The second-order valence-corrected chi connectivity index (χ2v) is 4.42. The molecule has 0 rings (SSSR count). The summed E-state index contributed by atoms with van der Waals surface area (Å²) >= 11 is 0. The third kappa shape index (κ3) is 433. The van der Waals surface area contributed by atoms with E-state index in [4.69, 9.17) is 4.55 Å². The third-order valence-corrected chi connectivity index (χ3v) is 1.33. The normalized spacial score (nSPS) is 11.2. The van der Waals surface area contributed by atoms with Crippen molar-refractivity contribution >= 4 is 50.7 Å². The van der Waals surface area contributed by atoms with Gasteiger partial charge in [0.1, 0.15) is 0 Å². The molecule has 24 heavy (non-hydrogen) atoms. The number of allylic oxidation sites excluding steroid dienone is 1. The molecule has 0 fully saturated rings. The Kier molecular flexibility index (Phi) is 21.6. The molecule has 0 saturated heterocycles. The van der Waals surface area contributed by atoms with Crippen LogP contribution in [0.25, 0.3) is 0 Å². The molecule has 0 amide bonds. The zero-order valence-corrected chi connectivity index (χ0v) is 11.5. The van der Waals surface area contributed by atoms with Gasteiger partial charge < -0.3 is 51.8 Å². The van der Waals surface area contributed by atoms with Gasteiger partial charge in [0.25, 0.3) is 10.1 Å². The fraction of sp³-hybridized carbons (Fsp3) is 0.500. The van der Waals surface area contributed by atoms with E-state index < -0.39 is 31.9 Å². The number of halogens is 12. The molecule has 1 N–H and O–H groups in total. The Morgan fingerprint density at radius 3 is 0.958 bits per heavy atom. The molecule has 0 atom stereocenters. The summed E-state index contributed by atoms with van der Waals surface area (Å²) in [6.45, 7) is 3.29. The molecule has 0 aliphatic heterocycles. The first-order chi connectivity index (χ1) is 9.56. The van der Waals surface area contributed by atoms with Crippen molar-refractivity contribution in [1.29, 1.82) is 0 Å². The van der Waals surface area contributed by atoms with Crippen molar-refractivity contribution in [3.05, 3.63) is 12.7 Å². The molecule has 0 unspecified atom stereocenters. The molecule has 146 valence electrons. The van der Waals surface area contributed by atoms with Gasteiger partial charge in [-0.15, -0.1) is 6.58 Å². The Bertz CT molecular complexity index is 345. The molecule has 0 aliphatic carbocycles. The van der Waals surface area contributed by atoms with Crippen molar-refractivity contribution in [2.45, 2.75) is 6.42 Å². The second kappa shape index (κ2) is 14.9. The van der Waals surface area contributed by atoms with Gasteiger partial charge in [-0.2, -0.15) is 8.42 Å². The topological polar surface area (TPSA) is 54.4 Å². The van der Waals surface area contributed by atoms with Crippen molar-refractivity contribution in [2.75, 3.05) is 5.75 Å². The van der Waals surface area contributed by atoms with Crippen molar-refractivity contribution in [2.24, 2.45) is 0 Å². The summed E-state index contributed by atoms with van der Waals surface area (Å²) in [5.41, 5.74) is 0. The first kappa shape index (κ1) is 34.8. The Labute approximate surface area is 141 Å². The molecular weight excluding hydrogens is 395 g/mol. The Morgan fingerprint density at radius 1 is 0.750 bits per heavy atom. The molecule has 0 spiro atoms. The van der Waals surface area contributed by atoms with Crippen LogP contribution in [0.2, 0.25) is 0 Å². The summed E-state index contributed by atoms with van der Waals surface area (Å²) in [5, 5.41) is 0. The van der Waals surface area contributed by atoms with Crippen LogP contribution >= 0.6 is 0 Å². The van der Waals surface area contributed by atoms with Gasteiger partial charge in [0.2, 0.25) is 0 Å². The Morgan fingerprint density at radius 2 is 0.917 bits per heavy atom. The zero-order chi connectivity index (χ0) is 20.1. The van der Waals surface area contributed by atoms with E-state index in [0.717, 1.165) is 0 Å². The van der Waals surface area contributed by atoms with Crippen molar-refractivity contribution < 1.29 is 64.8 Å².